The Labute approximate surface area is 104 Å². The fourth-order valence-electron chi connectivity index (χ4n) is 2.44. The molecule has 0 aromatic rings. The van der Waals surface area contributed by atoms with Gasteiger partial charge < -0.3 is 9.64 Å². The zero-order valence-electron chi connectivity index (χ0n) is 10.6. The van der Waals surface area contributed by atoms with Crippen LogP contribution in [-0.4, -0.2) is 61.6 Å². The van der Waals surface area contributed by atoms with E-state index in [1.807, 2.05) is 4.90 Å². The molecule has 4 nitrogen and oxygen atoms in total. The number of rotatable bonds is 4. The second-order valence-corrected chi connectivity index (χ2v) is 4.80. The number of morpholine rings is 1. The number of hydrogen-bond donors (Lipinski definition) is 0. The van der Waals surface area contributed by atoms with Gasteiger partial charge in [0.1, 0.15) is 0 Å². The number of hydrogen-bond acceptors (Lipinski definition) is 3. The lowest BCUT2D eigenvalue weighted by molar-refractivity contribution is -0.131. The molecular formula is C13H23N2O2. The molecule has 1 radical (unpaired) electrons. The third-order valence-corrected chi connectivity index (χ3v) is 3.53. The van der Waals surface area contributed by atoms with E-state index in [0.717, 1.165) is 65.2 Å². The van der Waals surface area contributed by atoms with Gasteiger partial charge >= 0.3 is 0 Å². The first kappa shape index (κ1) is 12.8. The number of likely N-dealkylation sites (tertiary alicyclic amines) is 1. The molecular weight excluding hydrogens is 216 g/mol. The average molecular weight is 239 g/mol. The maximum Gasteiger partial charge on any atom is 0.222 e. The molecule has 4 heteroatoms. The number of carbonyl (C=O) groups excluding carboxylic acids is 1. The Bertz CT molecular complexity index is 234. The van der Waals surface area contributed by atoms with Crippen molar-refractivity contribution in [2.45, 2.75) is 25.7 Å². The molecule has 2 rings (SSSR count). The summed E-state index contributed by atoms with van der Waals surface area (Å²) >= 11 is 0. The van der Waals surface area contributed by atoms with Crippen molar-refractivity contribution >= 4 is 5.91 Å². The lowest BCUT2D eigenvalue weighted by Crippen LogP contribution is -2.38. The van der Waals surface area contributed by atoms with Gasteiger partial charge in [-0.15, -0.1) is 0 Å². The van der Waals surface area contributed by atoms with Crippen molar-refractivity contribution in [1.82, 2.24) is 9.80 Å². The van der Waals surface area contributed by atoms with Crippen molar-refractivity contribution in [3.05, 3.63) is 6.42 Å². The highest BCUT2D eigenvalue weighted by Crippen LogP contribution is 2.10. The lowest BCUT2D eigenvalue weighted by Gasteiger charge is -2.28. The Kier molecular flexibility index (Phi) is 5.26. The number of nitrogens with zero attached hydrogens (tertiary/aromatic N) is 2. The van der Waals surface area contributed by atoms with E-state index in [4.69, 9.17) is 4.74 Å². The predicted molar refractivity (Wildman–Crippen MR) is 66.6 cm³/mol. The monoisotopic (exact) mass is 239 g/mol. The van der Waals surface area contributed by atoms with Crippen molar-refractivity contribution in [2.75, 3.05) is 45.9 Å². The fourth-order valence-corrected chi connectivity index (χ4v) is 2.44. The Morgan fingerprint density at radius 3 is 2.53 bits per heavy atom. The number of carbonyl (C=O) groups is 1. The van der Waals surface area contributed by atoms with Gasteiger partial charge in [0, 0.05) is 32.6 Å². The van der Waals surface area contributed by atoms with E-state index in [1.165, 1.54) is 0 Å². The maximum atomic E-state index is 11.9. The van der Waals surface area contributed by atoms with E-state index < -0.39 is 0 Å². The largest absolute Gasteiger partial charge is 0.379 e. The Morgan fingerprint density at radius 2 is 1.82 bits per heavy atom. The highest BCUT2D eigenvalue weighted by atomic mass is 16.5. The van der Waals surface area contributed by atoms with Crippen molar-refractivity contribution in [1.29, 1.82) is 0 Å². The highest BCUT2D eigenvalue weighted by molar-refractivity contribution is 5.76. The van der Waals surface area contributed by atoms with Crippen molar-refractivity contribution in [3.8, 4) is 0 Å². The Morgan fingerprint density at radius 1 is 1.12 bits per heavy atom. The third-order valence-electron chi connectivity index (χ3n) is 3.53. The van der Waals surface area contributed by atoms with E-state index >= 15 is 0 Å². The van der Waals surface area contributed by atoms with Crippen LogP contribution in [-0.2, 0) is 9.53 Å². The van der Waals surface area contributed by atoms with E-state index in [-0.39, 0.29) is 0 Å². The quantitative estimate of drug-likeness (QED) is 0.731. The molecule has 2 saturated heterocycles. The summed E-state index contributed by atoms with van der Waals surface area (Å²) in [6.07, 6.45) is 6.10. The van der Waals surface area contributed by atoms with Crippen LogP contribution in [0.15, 0.2) is 0 Å². The van der Waals surface area contributed by atoms with Crippen LogP contribution in [0.4, 0.5) is 0 Å². The topological polar surface area (TPSA) is 32.8 Å². The fraction of sp³-hybridized carbons (Fsp3) is 0.846. The van der Waals surface area contributed by atoms with Crippen LogP contribution < -0.4 is 0 Å². The standard InChI is InChI=1S/C13H23N2O2/c16-13(15-7-2-1-3-8-15)5-4-6-14-9-11-17-12-10-14/h1H,2-12H2. The summed E-state index contributed by atoms with van der Waals surface area (Å²) in [6, 6.07) is 0. The van der Waals surface area contributed by atoms with Gasteiger partial charge in [-0.1, -0.05) is 0 Å². The van der Waals surface area contributed by atoms with Crippen LogP contribution in [0, 0.1) is 6.42 Å². The average Bonchev–Trinajstić information content (AvgIpc) is 2.41. The van der Waals surface area contributed by atoms with E-state index in [9.17, 15) is 4.79 Å². The third kappa shape index (κ3) is 4.28. The molecule has 0 spiro atoms. The van der Waals surface area contributed by atoms with Gasteiger partial charge in [0.05, 0.1) is 13.2 Å². The Hall–Kier alpha value is -0.610. The van der Waals surface area contributed by atoms with Gasteiger partial charge in [0.25, 0.3) is 0 Å². The number of ether oxygens (including phenoxy) is 1. The first-order valence-electron chi connectivity index (χ1n) is 6.76. The van der Waals surface area contributed by atoms with E-state index in [1.54, 1.807) is 0 Å². The minimum Gasteiger partial charge on any atom is -0.379 e. The van der Waals surface area contributed by atoms with Gasteiger partial charge in [-0.25, -0.2) is 0 Å². The minimum absolute atomic E-state index is 0.339. The van der Waals surface area contributed by atoms with Gasteiger partial charge in [0.2, 0.25) is 5.91 Å². The summed E-state index contributed by atoms with van der Waals surface area (Å²) in [5, 5.41) is 0. The second kappa shape index (κ2) is 6.97. The summed E-state index contributed by atoms with van der Waals surface area (Å²) in [4.78, 5) is 16.3. The Balaban J connectivity index is 1.58. The van der Waals surface area contributed by atoms with Gasteiger partial charge in [-0.3, -0.25) is 9.69 Å². The first-order valence-corrected chi connectivity index (χ1v) is 6.76. The molecule has 1 amide bonds. The van der Waals surface area contributed by atoms with Crippen LogP contribution in [0.2, 0.25) is 0 Å². The molecule has 97 valence electrons. The maximum absolute atomic E-state index is 11.9. The van der Waals surface area contributed by atoms with Crippen molar-refractivity contribution in [3.63, 3.8) is 0 Å². The molecule has 0 unspecified atom stereocenters. The molecule has 2 heterocycles. The van der Waals surface area contributed by atoms with Crippen LogP contribution in [0.5, 0.6) is 0 Å². The predicted octanol–water partition coefficient (Wildman–Crippen LogP) is 0.925. The van der Waals surface area contributed by atoms with Crippen LogP contribution in [0.1, 0.15) is 25.7 Å². The van der Waals surface area contributed by atoms with Crippen molar-refractivity contribution in [2.24, 2.45) is 0 Å². The lowest BCUT2D eigenvalue weighted by atomic mass is 10.1. The van der Waals surface area contributed by atoms with Crippen LogP contribution in [0.3, 0.4) is 0 Å². The van der Waals surface area contributed by atoms with Crippen LogP contribution in [0.25, 0.3) is 0 Å². The SMILES string of the molecule is O=C(CCCN1CCOCC1)N1CC[CH]CC1. The molecule has 2 fully saturated rings. The molecule has 2 aliphatic heterocycles. The first-order chi connectivity index (χ1) is 8.36. The molecule has 0 bridgehead atoms. The smallest absolute Gasteiger partial charge is 0.222 e. The summed E-state index contributed by atoms with van der Waals surface area (Å²) < 4.78 is 5.30. The number of piperidine rings is 1. The molecule has 17 heavy (non-hydrogen) atoms. The zero-order valence-corrected chi connectivity index (χ0v) is 10.6. The molecule has 0 aromatic heterocycles. The summed E-state index contributed by atoms with van der Waals surface area (Å²) in [7, 11) is 0. The van der Waals surface area contributed by atoms with Crippen LogP contribution >= 0.6 is 0 Å². The summed E-state index contributed by atoms with van der Waals surface area (Å²) in [5.41, 5.74) is 0. The molecule has 2 aliphatic rings. The highest BCUT2D eigenvalue weighted by Gasteiger charge is 2.16. The molecule has 0 atom stereocenters. The molecule has 0 aliphatic carbocycles. The molecule has 0 aromatic carbocycles. The minimum atomic E-state index is 0.339. The van der Waals surface area contributed by atoms with E-state index in [2.05, 4.69) is 11.3 Å². The molecule has 0 N–H and O–H groups in total. The van der Waals surface area contributed by atoms with Gasteiger partial charge in [0.15, 0.2) is 0 Å². The zero-order chi connectivity index (χ0) is 11.9. The number of amides is 1. The van der Waals surface area contributed by atoms with Gasteiger partial charge in [-0.05, 0) is 32.2 Å². The van der Waals surface area contributed by atoms with Crippen molar-refractivity contribution < 1.29 is 9.53 Å². The second-order valence-electron chi connectivity index (χ2n) is 4.80. The summed E-state index contributed by atoms with van der Waals surface area (Å²) in [6.45, 7) is 6.62. The summed E-state index contributed by atoms with van der Waals surface area (Å²) in [5.74, 6) is 0.339. The van der Waals surface area contributed by atoms with Gasteiger partial charge in [-0.2, -0.15) is 0 Å². The normalized spacial score (nSPS) is 22.7. The molecule has 0 saturated carbocycles. The van der Waals surface area contributed by atoms with E-state index in [0.29, 0.717) is 12.3 Å².